The molecule has 0 unspecified atom stereocenters. The summed E-state index contributed by atoms with van der Waals surface area (Å²) in [5, 5.41) is 3.66. The van der Waals surface area contributed by atoms with Crippen LogP contribution in [0.5, 0.6) is 0 Å². The van der Waals surface area contributed by atoms with Gasteiger partial charge in [-0.2, -0.15) is 0 Å². The number of ether oxygens (including phenoxy) is 1. The van der Waals surface area contributed by atoms with Crippen molar-refractivity contribution in [2.45, 2.75) is 12.1 Å². The van der Waals surface area contributed by atoms with Crippen molar-refractivity contribution in [3.05, 3.63) is 27.4 Å². The highest BCUT2D eigenvalue weighted by Crippen LogP contribution is 2.19. The monoisotopic (exact) mass is 273 g/mol. The van der Waals surface area contributed by atoms with Crippen molar-refractivity contribution >= 4 is 29.3 Å². The molecule has 0 spiro atoms. The molecule has 0 saturated carbocycles. The van der Waals surface area contributed by atoms with E-state index in [2.05, 4.69) is 20.0 Å². The molecule has 0 aromatic carbocycles. The molecule has 0 radical (unpaired) electrons. The van der Waals surface area contributed by atoms with Crippen LogP contribution in [0.1, 0.15) is 17.3 Å². The molecule has 1 rings (SSSR count). The summed E-state index contributed by atoms with van der Waals surface area (Å²) in [5.74, 6) is -0.407. The van der Waals surface area contributed by atoms with Crippen LogP contribution >= 0.6 is 23.4 Å². The molecule has 17 heavy (non-hydrogen) atoms. The van der Waals surface area contributed by atoms with Gasteiger partial charge in [0.2, 0.25) is 0 Å². The van der Waals surface area contributed by atoms with E-state index in [1.54, 1.807) is 6.92 Å². The van der Waals surface area contributed by atoms with Crippen molar-refractivity contribution in [2.75, 3.05) is 12.5 Å². The molecule has 1 heterocycles. The first-order valence-electron chi connectivity index (χ1n) is 4.52. The molecular weight excluding hydrogens is 266 g/mol. The molecule has 1 aromatic rings. The quantitative estimate of drug-likeness (QED) is 0.156. The number of thioether (sulfide) groups is 1. The zero-order chi connectivity index (χ0) is 12.7. The molecule has 0 aliphatic rings. The molecule has 90 valence electrons. The smallest absolute Gasteiger partial charge is 0.342 e. The Morgan fingerprint density at radius 1 is 1.76 bits per heavy atom. The Balaban J connectivity index is 2.78. The maximum Gasteiger partial charge on any atom is 0.342 e. The average Bonchev–Trinajstić information content (AvgIpc) is 2.29. The van der Waals surface area contributed by atoms with Crippen molar-refractivity contribution < 1.29 is 9.53 Å². The van der Waals surface area contributed by atoms with Gasteiger partial charge in [-0.1, -0.05) is 28.5 Å². The summed E-state index contributed by atoms with van der Waals surface area (Å²) in [6.45, 7) is 1.94. The summed E-state index contributed by atoms with van der Waals surface area (Å²) in [6, 6.07) is 0. The van der Waals surface area contributed by atoms with Gasteiger partial charge in [0.15, 0.2) is 5.16 Å². The predicted octanol–water partition coefficient (Wildman–Crippen LogP) is 2.67. The topological polar surface area (TPSA) is 101 Å². The number of esters is 1. The highest BCUT2D eigenvalue weighted by atomic mass is 35.5. The Kier molecular flexibility index (Phi) is 5.55. The lowest BCUT2D eigenvalue weighted by Gasteiger charge is -2.03. The Labute approximate surface area is 106 Å². The van der Waals surface area contributed by atoms with Crippen LogP contribution in [-0.4, -0.2) is 28.4 Å². The van der Waals surface area contributed by atoms with Crippen LogP contribution in [-0.2, 0) is 4.74 Å². The number of hydrogen-bond donors (Lipinski definition) is 0. The summed E-state index contributed by atoms with van der Waals surface area (Å²) in [4.78, 5) is 21.7. The molecule has 7 nitrogen and oxygen atoms in total. The van der Waals surface area contributed by atoms with Crippen LogP contribution in [0.25, 0.3) is 10.4 Å². The first kappa shape index (κ1) is 13.6. The maximum absolute atomic E-state index is 11.4. The Bertz CT molecular complexity index is 463. The molecule has 0 saturated heterocycles. The highest BCUT2D eigenvalue weighted by Gasteiger charge is 2.14. The van der Waals surface area contributed by atoms with Crippen LogP contribution in [0.4, 0.5) is 0 Å². The minimum Gasteiger partial charge on any atom is -0.462 e. The second-order valence-corrected chi connectivity index (χ2v) is 3.85. The van der Waals surface area contributed by atoms with E-state index in [0.29, 0.717) is 5.16 Å². The normalized spacial score (nSPS) is 9.53. The van der Waals surface area contributed by atoms with Gasteiger partial charge in [-0.3, -0.25) is 0 Å². The van der Waals surface area contributed by atoms with Crippen molar-refractivity contribution in [2.24, 2.45) is 5.11 Å². The van der Waals surface area contributed by atoms with E-state index in [1.807, 2.05) is 0 Å². The van der Waals surface area contributed by atoms with Gasteiger partial charge in [0, 0.05) is 11.1 Å². The first-order valence-corrected chi connectivity index (χ1v) is 5.88. The number of hydrogen-bond acceptors (Lipinski definition) is 6. The molecule has 0 fully saturated rings. The van der Waals surface area contributed by atoms with Gasteiger partial charge in [-0.25, -0.2) is 14.8 Å². The van der Waals surface area contributed by atoms with Crippen molar-refractivity contribution in [3.8, 4) is 0 Å². The molecule has 0 amide bonds. The third kappa shape index (κ3) is 4.10. The van der Waals surface area contributed by atoms with Gasteiger partial charge in [0.1, 0.15) is 10.7 Å². The summed E-state index contributed by atoms with van der Waals surface area (Å²) in [5.41, 5.74) is 8.20. The third-order valence-corrected chi connectivity index (χ3v) is 2.52. The summed E-state index contributed by atoms with van der Waals surface area (Å²) in [7, 11) is 0. The van der Waals surface area contributed by atoms with E-state index in [9.17, 15) is 4.79 Å². The average molecular weight is 274 g/mol. The minimum atomic E-state index is -0.566. The fourth-order valence-electron chi connectivity index (χ4n) is 0.874. The summed E-state index contributed by atoms with van der Waals surface area (Å²) < 4.78 is 4.77. The summed E-state index contributed by atoms with van der Waals surface area (Å²) >= 11 is 6.92. The lowest BCUT2D eigenvalue weighted by Crippen LogP contribution is -2.07. The summed E-state index contributed by atoms with van der Waals surface area (Å²) in [6.07, 6.45) is 1.28. The number of rotatable bonds is 5. The van der Waals surface area contributed by atoms with Gasteiger partial charge in [0.05, 0.1) is 12.5 Å². The fourth-order valence-corrected chi connectivity index (χ4v) is 1.64. The molecule has 0 atom stereocenters. The lowest BCUT2D eigenvalue weighted by atomic mass is 10.3. The van der Waals surface area contributed by atoms with Gasteiger partial charge in [0.25, 0.3) is 0 Å². The molecule has 0 bridgehead atoms. The second-order valence-electron chi connectivity index (χ2n) is 2.58. The van der Waals surface area contributed by atoms with Gasteiger partial charge in [-0.15, -0.1) is 0 Å². The van der Waals surface area contributed by atoms with Crippen molar-refractivity contribution in [1.82, 2.24) is 9.97 Å². The van der Waals surface area contributed by atoms with Crippen LogP contribution in [0.3, 0.4) is 0 Å². The third-order valence-electron chi connectivity index (χ3n) is 1.53. The van der Waals surface area contributed by atoms with Crippen molar-refractivity contribution in [3.63, 3.8) is 0 Å². The van der Waals surface area contributed by atoms with Crippen molar-refractivity contribution in [1.29, 1.82) is 0 Å². The van der Waals surface area contributed by atoms with Gasteiger partial charge in [-0.05, 0) is 12.5 Å². The van der Waals surface area contributed by atoms with E-state index in [-0.39, 0.29) is 23.2 Å². The number of nitrogens with zero attached hydrogens (tertiary/aromatic N) is 5. The number of carbonyl (C=O) groups excluding carboxylic acids is 1. The molecule has 1 aromatic heterocycles. The van der Waals surface area contributed by atoms with Crippen LogP contribution in [0.15, 0.2) is 16.5 Å². The predicted molar refractivity (Wildman–Crippen MR) is 62.9 cm³/mol. The molecule has 9 heteroatoms. The van der Waals surface area contributed by atoms with E-state index in [4.69, 9.17) is 21.9 Å². The number of azide groups is 1. The number of carbonyl (C=O) groups is 1. The van der Waals surface area contributed by atoms with E-state index < -0.39 is 5.97 Å². The Morgan fingerprint density at radius 3 is 3.12 bits per heavy atom. The van der Waals surface area contributed by atoms with Crippen LogP contribution in [0.2, 0.25) is 5.15 Å². The molecular formula is C8H8ClN5O2S. The Hall–Kier alpha value is -1.50. The van der Waals surface area contributed by atoms with E-state index in [1.165, 1.54) is 6.20 Å². The minimum absolute atomic E-state index is 0.0156. The van der Waals surface area contributed by atoms with E-state index in [0.717, 1.165) is 11.8 Å². The van der Waals surface area contributed by atoms with Gasteiger partial charge >= 0.3 is 5.97 Å². The Morgan fingerprint density at radius 2 is 2.53 bits per heavy atom. The number of aromatic nitrogens is 2. The fraction of sp³-hybridized carbons (Fsp3) is 0.375. The standard InChI is InChI=1S/C8H8ClN5O2S/c1-2-16-7(15)5-3-11-8(13-6(5)9)17-4-12-14-10/h3H,2,4H2,1H3. The first-order chi connectivity index (χ1) is 8.19. The SMILES string of the molecule is CCOC(=O)c1cnc(SCN=[N+]=[N-])nc1Cl. The van der Waals surface area contributed by atoms with Gasteiger partial charge < -0.3 is 4.74 Å². The molecule has 0 aliphatic carbocycles. The largest absolute Gasteiger partial charge is 0.462 e. The number of halogens is 1. The lowest BCUT2D eigenvalue weighted by molar-refractivity contribution is 0.0525. The molecule has 0 N–H and O–H groups in total. The van der Waals surface area contributed by atoms with E-state index >= 15 is 0 Å². The maximum atomic E-state index is 11.4. The zero-order valence-electron chi connectivity index (χ0n) is 8.83. The zero-order valence-corrected chi connectivity index (χ0v) is 10.4. The second kappa shape index (κ2) is 6.95. The van der Waals surface area contributed by atoms with Crippen LogP contribution < -0.4 is 0 Å². The highest BCUT2D eigenvalue weighted by molar-refractivity contribution is 7.99. The van der Waals surface area contributed by atoms with Crippen LogP contribution in [0, 0.1) is 0 Å². The molecule has 0 aliphatic heterocycles.